The van der Waals surface area contributed by atoms with Crippen molar-refractivity contribution in [1.29, 1.82) is 0 Å². The molecule has 0 bridgehead atoms. The molecule has 0 unspecified atom stereocenters. The molecule has 1 aromatic heterocycles. The maximum Gasteiger partial charge on any atom is 0.293 e. The molecule has 0 saturated carbocycles. The minimum atomic E-state index is -0.0638. The second-order valence-electron chi connectivity index (χ2n) is 7.51. The summed E-state index contributed by atoms with van der Waals surface area (Å²) in [5.74, 6) is 2.37. The van der Waals surface area contributed by atoms with E-state index in [0.29, 0.717) is 16.9 Å². The number of fused-ring (bicyclic) bond motifs is 1. The largest absolute Gasteiger partial charge is 0.336 e. The minimum Gasteiger partial charge on any atom is -0.336 e. The minimum absolute atomic E-state index is 0. The van der Waals surface area contributed by atoms with Crippen LogP contribution in [0.1, 0.15) is 42.6 Å². The van der Waals surface area contributed by atoms with Gasteiger partial charge in [-0.3, -0.25) is 4.79 Å². The first-order valence-electron chi connectivity index (χ1n) is 9.88. The summed E-state index contributed by atoms with van der Waals surface area (Å²) >= 11 is 6.35. The van der Waals surface area contributed by atoms with Crippen molar-refractivity contribution in [2.24, 2.45) is 11.8 Å². The Hall–Kier alpha value is -1.63. The molecular formula is C20H27Cl2N5O. The van der Waals surface area contributed by atoms with Crippen LogP contribution >= 0.6 is 24.0 Å². The van der Waals surface area contributed by atoms with E-state index in [1.54, 1.807) is 4.68 Å². The Balaban J connectivity index is 0.00000225. The van der Waals surface area contributed by atoms with E-state index >= 15 is 0 Å². The second-order valence-corrected chi connectivity index (χ2v) is 7.92. The Morgan fingerprint density at radius 1 is 1.21 bits per heavy atom. The molecule has 28 heavy (non-hydrogen) atoms. The molecule has 2 aliphatic rings. The van der Waals surface area contributed by atoms with Gasteiger partial charge in [-0.15, -0.1) is 17.5 Å². The van der Waals surface area contributed by atoms with Gasteiger partial charge in [-0.1, -0.05) is 30.7 Å². The molecule has 2 atom stereocenters. The standard InChI is InChI=1S/C20H26ClN5O.ClH/c1-2-5-18-23-19(24-26(18)17-7-4-3-6-16(17)21)20(27)25-10-8-14-12-22-13-15(14)9-11-25;/h3-4,6-7,14-15,22H,2,5,8-13H2,1H3;1H/t14-,15+;. The summed E-state index contributed by atoms with van der Waals surface area (Å²) in [5, 5.41) is 8.63. The van der Waals surface area contributed by atoms with Gasteiger partial charge in [-0.2, -0.15) is 0 Å². The number of nitrogens with zero attached hydrogens (tertiary/aromatic N) is 4. The van der Waals surface area contributed by atoms with Crippen LogP contribution in [0.5, 0.6) is 0 Å². The quantitative estimate of drug-likeness (QED) is 0.818. The molecule has 152 valence electrons. The van der Waals surface area contributed by atoms with Crippen LogP contribution in [0.3, 0.4) is 0 Å². The summed E-state index contributed by atoms with van der Waals surface area (Å²) in [6.07, 6.45) is 3.78. The van der Waals surface area contributed by atoms with E-state index in [1.807, 2.05) is 29.2 Å². The van der Waals surface area contributed by atoms with Gasteiger partial charge in [0.1, 0.15) is 5.82 Å². The molecule has 0 aliphatic carbocycles. The summed E-state index contributed by atoms with van der Waals surface area (Å²) in [6, 6.07) is 7.54. The average Bonchev–Trinajstić information content (AvgIpc) is 3.24. The van der Waals surface area contributed by atoms with E-state index in [0.717, 1.165) is 63.4 Å². The van der Waals surface area contributed by atoms with E-state index in [9.17, 15) is 4.79 Å². The van der Waals surface area contributed by atoms with Crippen LogP contribution in [-0.2, 0) is 6.42 Å². The Kier molecular flexibility index (Phi) is 6.96. The predicted octanol–water partition coefficient (Wildman–Crippen LogP) is 3.37. The van der Waals surface area contributed by atoms with Crippen molar-refractivity contribution in [2.75, 3.05) is 26.2 Å². The third kappa shape index (κ3) is 4.19. The highest BCUT2D eigenvalue weighted by atomic mass is 35.5. The van der Waals surface area contributed by atoms with Crippen LogP contribution < -0.4 is 5.32 Å². The lowest BCUT2D eigenvalue weighted by Crippen LogP contribution is -2.33. The Bertz CT molecular complexity index is 811. The molecule has 8 heteroatoms. The van der Waals surface area contributed by atoms with E-state index in [-0.39, 0.29) is 24.1 Å². The smallest absolute Gasteiger partial charge is 0.293 e. The van der Waals surface area contributed by atoms with Crippen molar-refractivity contribution in [3.63, 3.8) is 0 Å². The van der Waals surface area contributed by atoms with E-state index in [1.165, 1.54) is 0 Å². The van der Waals surface area contributed by atoms with Crippen LogP contribution in [0.15, 0.2) is 24.3 Å². The van der Waals surface area contributed by atoms with Gasteiger partial charge in [-0.25, -0.2) is 9.67 Å². The van der Waals surface area contributed by atoms with Crippen LogP contribution in [0.2, 0.25) is 5.02 Å². The molecule has 0 radical (unpaired) electrons. The Morgan fingerprint density at radius 3 is 2.54 bits per heavy atom. The van der Waals surface area contributed by atoms with Crippen LogP contribution in [0.25, 0.3) is 5.69 Å². The highest BCUT2D eigenvalue weighted by Gasteiger charge is 2.32. The number of amides is 1. The average molecular weight is 424 g/mol. The van der Waals surface area contributed by atoms with Gasteiger partial charge < -0.3 is 10.2 Å². The zero-order chi connectivity index (χ0) is 18.8. The van der Waals surface area contributed by atoms with Gasteiger partial charge in [0, 0.05) is 19.5 Å². The third-order valence-corrected chi connectivity index (χ3v) is 6.05. The van der Waals surface area contributed by atoms with Crippen molar-refractivity contribution < 1.29 is 4.79 Å². The van der Waals surface area contributed by atoms with Crippen molar-refractivity contribution in [1.82, 2.24) is 25.0 Å². The molecule has 2 saturated heterocycles. The first-order valence-corrected chi connectivity index (χ1v) is 10.3. The van der Waals surface area contributed by atoms with Gasteiger partial charge in [0.05, 0.1) is 10.7 Å². The van der Waals surface area contributed by atoms with E-state index in [2.05, 4.69) is 22.3 Å². The van der Waals surface area contributed by atoms with Crippen LogP contribution in [0.4, 0.5) is 0 Å². The fourth-order valence-corrected chi connectivity index (χ4v) is 4.42. The number of benzene rings is 1. The molecule has 4 rings (SSSR count). The maximum atomic E-state index is 13.1. The summed E-state index contributed by atoms with van der Waals surface area (Å²) < 4.78 is 1.73. The topological polar surface area (TPSA) is 63.1 Å². The van der Waals surface area contributed by atoms with Gasteiger partial charge in [-0.05, 0) is 56.3 Å². The van der Waals surface area contributed by atoms with E-state index in [4.69, 9.17) is 11.6 Å². The first kappa shape index (κ1) is 21.1. The highest BCUT2D eigenvalue weighted by molar-refractivity contribution is 6.32. The van der Waals surface area contributed by atoms with Gasteiger partial charge in [0.15, 0.2) is 0 Å². The number of carbonyl (C=O) groups excluding carboxylic acids is 1. The first-order chi connectivity index (χ1) is 13.2. The second kappa shape index (κ2) is 9.25. The lowest BCUT2D eigenvalue weighted by atomic mass is 9.92. The van der Waals surface area contributed by atoms with Crippen molar-refractivity contribution >= 4 is 29.9 Å². The number of hydrogen-bond donors (Lipinski definition) is 1. The molecule has 2 aromatic rings. The van der Waals surface area contributed by atoms with Crippen molar-refractivity contribution in [3.05, 3.63) is 40.9 Å². The van der Waals surface area contributed by atoms with Crippen LogP contribution in [0, 0.1) is 11.8 Å². The van der Waals surface area contributed by atoms with Crippen LogP contribution in [-0.4, -0.2) is 51.8 Å². The van der Waals surface area contributed by atoms with E-state index < -0.39 is 0 Å². The van der Waals surface area contributed by atoms with Gasteiger partial charge >= 0.3 is 0 Å². The summed E-state index contributed by atoms with van der Waals surface area (Å²) in [4.78, 5) is 19.6. The Labute approximate surface area is 177 Å². The number of rotatable bonds is 4. The number of aryl methyl sites for hydroxylation is 1. The van der Waals surface area contributed by atoms with Crippen molar-refractivity contribution in [2.45, 2.75) is 32.6 Å². The molecule has 2 aliphatic heterocycles. The lowest BCUT2D eigenvalue weighted by molar-refractivity contribution is 0.0746. The molecule has 0 spiro atoms. The highest BCUT2D eigenvalue weighted by Crippen LogP contribution is 2.28. The number of aromatic nitrogens is 3. The van der Waals surface area contributed by atoms with Gasteiger partial charge in [0.2, 0.25) is 5.82 Å². The molecule has 3 heterocycles. The number of likely N-dealkylation sites (tertiary alicyclic amines) is 1. The fraction of sp³-hybridized carbons (Fsp3) is 0.550. The summed E-state index contributed by atoms with van der Waals surface area (Å²) in [6.45, 7) is 5.81. The number of hydrogen-bond acceptors (Lipinski definition) is 4. The molecule has 2 fully saturated rings. The third-order valence-electron chi connectivity index (χ3n) is 5.73. The number of carbonyl (C=O) groups is 1. The molecule has 1 N–H and O–H groups in total. The zero-order valence-corrected chi connectivity index (χ0v) is 17.7. The number of nitrogens with one attached hydrogen (secondary N) is 1. The fourth-order valence-electron chi connectivity index (χ4n) is 4.20. The monoisotopic (exact) mass is 423 g/mol. The lowest BCUT2D eigenvalue weighted by Gasteiger charge is -2.19. The zero-order valence-electron chi connectivity index (χ0n) is 16.1. The predicted molar refractivity (Wildman–Crippen MR) is 113 cm³/mol. The van der Waals surface area contributed by atoms with Gasteiger partial charge in [0.25, 0.3) is 5.91 Å². The molecule has 1 amide bonds. The maximum absolute atomic E-state index is 13.1. The molecular weight excluding hydrogens is 397 g/mol. The summed E-state index contributed by atoms with van der Waals surface area (Å²) in [7, 11) is 0. The molecule has 6 nitrogen and oxygen atoms in total. The summed E-state index contributed by atoms with van der Waals surface area (Å²) in [5.41, 5.74) is 0.769. The number of halogens is 2. The normalized spacial score (nSPS) is 21.7. The molecule has 1 aromatic carbocycles. The Morgan fingerprint density at radius 2 is 1.89 bits per heavy atom. The number of para-hydroxylation sites is 1. The van der Waals surface area contributed by atoms with Crippen molar-refractivity contribution in [3.8, 4) is 5.69 Å². The SMILES string of the molecule is CCCc1nc(C(=O)N2CC[C@@H]3CNC[C@@H]3CC2)nn1-c1ccccc1Cl.Cl.